The van der Waals surface area contributed by atoms with E-state index in [1.807, 2.05) is 25.2 Å². The molecule has 6 nitrogen and oxygen atoms in total. The number of allylic oxidation sites excluding steroid dienone is 9. The number of rotatable bonds is 23. The van der Waals surface area contributed by atoms with Crippen LogP contribution >= 0.6 is 0 Å². The van der Waals surface area contributed by atoms with Gasteiger partial charge in [-0.3, -0.25) is 4.79 Å². The van der Waals surface area contributed by atoms with Crippen molar-refractivity contribution < 1.29 is 28.5 Å². The van der Waals surface area contributed by atoms with Crippen LogP contribution in [0.5, 0.6) is 11.5 Å². The highest BCUT2D eigenvalue weighted by molar-refractivity contribution is 5.83. The van der Waals surface area contributed by atoms with E-state index in [4.69, 9.17) is 18.9 Å². The molecule has 6 heteroatoms. The van der Waals surface area contributed by atoms with Gasteiger partial charge in [0.1, 0.15) is 30.3 Å². The largest absolute Gasteiger partial charge is 0.489 e. The molecular weight excluding hydrogens is 745 g/mol. The van der Waals surface area contributed by atoms with Gasteiger partial charge in [-0.15, -0.1) is 0 Å². The first-order valence-corrected chi connectivity index (χ1v) is 23.4. The predicted molar refractivity (Wildman–Crippen MR) is 251 cm³/mol. The SMILES string of the molecule is CC(=O)OCC(COc1c(C)c(C)c2c(c1C)CC[C@@](C)(CCC[C@H](C)CCC[C@H](C)CCCC(C)C)O2)OC(=O)/C=C(C)/C=C/C=C(C)/C=C/C1=C(C)CCCC1(C)C. The van der Waals surface area contributed by atoms with E-state index in [1.54, 1.807) is 0 Å². The molecule has 1 aliphatic carbocycles. The first-order valence-electron chi connectivity index (χ1n) is 23.4. The third-order valence-corrected chi connectivity index (χ3v) is 13.1. The summed E-state index contributed by atoms with van der Waals surface area (Å²) < 4.78 is 24.4. The van der Waals surface area contributed by atoms with E-state index in [-0.39, 0.29) is 24.2 Å². The van der Waals surface area contributed by atoms with Crippen LogP contribution in [0.4, 0.5) is 0 Å². The summed E-state index contributed by atoms with van der Waals surface area (Å²) in [6, 6.07) is 0. The van der Waals surface area contributed by atoms with Crippen LogP contribution in [0.1, 0.15) is 182 Å². The number of esters is 2. The molecule has 60 heavy (non-hydrogen) atoms. The summed E-state index contributed by atoms with van der Waals surface area (Å²) in [7, 11) is 0. The first kappa shape index (κ1) is 50.8. The number of benzene rings is 1. The molecule has 4 atom stereocenters. The maximum Gasteiger partial charge on any atom is 0.331 e. The second kappa shape index (κ2) is 24.2. The quantitative estimate of drug-likeness (QED) is 0.0622. The molecule has 0 spiro atoms. The first-order chi connectivity index (χ1) is 28.2. The monoisotopic (exact) mass is 829 g/mol. The van der Waals surface area contributed by atoms with Crippen molar-refractivity contribution in [2.45, 2.75) is 199 Å². The van der Waals surface area contributed by atoms with Crippen molar-refractivity contribution in [1.82, 2.24) is 0 Å². The molecule has 1 aromatic rings. The van der Waals surface area contributed by atoms with Gasteiger partial charge in [0.25, 0.3) is 0 Å². The Hall–Kier alpha value is -3.54. The van der Waals surface area contributed by atoms with Crippen LogP contribution in [0.15, 0.2) is 58.7 Å². The third kappa shape index (κ3) is 16.7. The van der Waals surface area contributed by atoms with Crippen LogP contribution < -0.4 is 9.47 Å². The fraction of sp³-hybridized carbons (Fsp3) is 0.667. The van der Waals surface area contributed by atoms with Crippen LogP contribution in [0.3, 0.4) is 0 Å². The van der Waals surface area contributed by atoms with Gasteiger partial charge in [-0.1, -0.05) is 128 Å². The summed E-state index contributed by atoms with van der Waals surface area (Å²) in [5.74, 6) is 3.20. The Labute approximate surface area is 366 Å². The van der Waals surface area contributed by atoms with Gasteiger partial charge in [-0.25, -0.2) is 4.79 Å². The van der Waals surface area contributed by atoms with Crippen molar-refractivity contribution in [3.8, 4) is 11.5 Å². The standard InChI is InChI=1S/C54H84O6/c1-37(2)20-15-21-38(3)22-16-23-39(4)26-18-32-54(14)33-30-48-45(10)51(43(8)44(9)52(48)60-54)58-36-47(35-57-46(11)55)59-50(56)34-41(6)25-17-24-40(5)28-29-49-42(7)27-19-31-53(49,12)13/h17,24-25,28-29,34,37-39,47H,15-16,18-23,26-27,30-33,35-36H2,1-14H3/b25-17+,29-28+,40-24+,41-34+/t38-,39-,47?,54-/m1/s1. The summed E-state index contributed by atoms with van der Waals surface area (Å²) in [4.78, 5) is 24.8. The lowest BCUT2D eigenvalue weighted by Crippen LogP contribution is -2.37. The highest BCUT2D eigenvalue weighted by Gasteiger charge is 2.35. The molecule has 0 fully saturated rings. The van der Waals surface area contributed by atoms with E-state index in [1.165, 1.54) is 100 Å². The smallest absolute Gasteiger partial charge is 0.331 e. The van der Waals surface area contributed by atoms with E-state index in [0.717, 1.165) is 76.4 Å². The molecule has 0 aromatic heterocycles. The second-order valence-corrected chi connectivity index (χ2v) is 20.0. The number of hydrogen-bond donors (Lipinski definition) is 0. The highest BCUT2D eigenvalue weighted by Crippen LogP contribution is 2.45. The molecular formula is C54H84O6. The minimum absolute atomic E-state index is 0.0520. The maximum atomic E-state index is 13.1. The molecule has 1 aliphatic heterocycles. The zero-order valence-electron chi connectivity index (χ0n) is 40.5. The van der Waals surface area contributed by atoms with Gasteiger partial charge in [0.15, 0.2) is 6.10 Å². The van der Waals surface area contributed by atoms with Gasteiger partial charge >= 0.3 is 11.9 Å². The lowest BCUT2D eigenvalue weighted by molar-refractivity contribution is -0.155. The molecule has 0 bridgehead atoms. The lowest BCUT2D eigenvalue weighted by atomic mass is 9.72. The van der Waals surface area contributed by atoms with Gasteiger partial charge in [0.2, 0.25) is 0 Å². The molecule has 0 N–H and O–H groups in total. The Kier molecular flexibility index (Phi) is 20.5. The maximum absolute atomic E-state index is 13.1. The van der Waals surface area contributed by atoms with E-state index >= 15 is 0 Å². The Morgan fingerprint density at radius 2 is 1.42 bits per heavy atom. The van der Waals surface area contributed by atoms with Crippen LogP contribution in [-0.2, 0) is 25.5 Å². The molecule has 336 valence electrons. The Morgan fingerprint density at radius 1 is 0.767 bits per heavy atom. The third-order valence-electron chi connectivity index (χ3n) is 13.1. The number of ether oxygens (including phenoxy) is 4. The van der Waals surface area contributed by atoms with Gasteiger partial charge in [0.05, 0.1) is 0 Å². The van der Waals surface area contributed by atoms with E-state index in [9.17, 15) is 9.59 Å². The van der Waals surface area contributed by atoms with Gasteiger partial charge < -0.3 is 18.9 Å². The molecule has 1 heterocycles. The molecule has 1 unspecified atom stereocenters. The van der Waals surface area contributed by atoms with Crippen molar-refractivity contribution >= 4 is 11.9 Å². The number of carbonyl (C=O) groups excluding carboxylic acids is 2. The fourth-order valence-corrected chi connectivity index (χ4v) is 9.04. The molecule has 0 radical (unpaired) electrons. The summed E-state index contributed by atoms with van der Waals surface area (Å²) in [5, 5.41) is 0. The zero-order chi connectivity index (χ0) is 44.6. The van der Waals surface area contributed by atoms with Crippen molar-refractivity contribution in [3.05, 3.63) is 81.0 Å². The van der Waals surface area contributed by atoms with E-state index in [2.05, 4.69) is 95.2 Å². The summed E-state index contributed by atoms with van der Waals surface area (Å²) in [6.07, 6.45) is 28.1. The van der Waals surface area contributed by atoms with Gasteiger partial charge in [0, 0.05) is 18.6 Å². The van der Waals surface area contributed by atoms with Crippen LogP contribution in [0.2, 0.25) is 0 Å². The topological polar surface area (TPSA) is 71.1 Å². The number of hydrogen-bond acceptors (Lipinski definition) is 6. The zero-order valence-corrected chi connectivity index (χ0v) is 40.5. The molecule has 0 saturated heterocycles. The van der Waals surface area contributed by atoms with Crippen molar-refractivity contribution in [3.63, 3.8) is 0 Å². The Bertz CT molecular complexity index is 1730. The molecule has 0 saturated carbocycles. The van der Waals surface area contributed by atoms with Gasteiger partial charge in [-0.2, -0.15) is 0 Å². The Balaban J connectivity index is 1.58. The Morgan fingerprint density at radius 3 is 2.05 bits per heavy atom. The number of carbonyl (C=O) groups is 2. The fourth-order valence-electron chi connectivity index (χ4n) is 9.04. The van der Waals surface area contributed by atoms with Crippen LogP contribution in [-0.4, -0.2) is 36.9 Å². The minimum Gasteiger partial charge on any atom is -0.489 e. The highest BCUT2D eigenvalue weighted by atomic mass is 16.6. The lowest BCUT2D eigenvalue weighted by Gasteiger charge is -2.38. The van der Waals surface area contributed by atoms with E-state index < -0.39 is 18.0 Å². The van der Waals surface area contributed by atoms with Crippen molar-refractivity contribution in [2.75, 3.05) is 13.2 Å². The molecule has 1 aromatic carbocycles. The minimum atomic E-state index is -0.779. The summed E-state index contributed by atoms with van der Waals surface area (Å²) in [5.41, 5.74) is 9.12. The van der Waals surface area contributed by atoms with Crippen molar-refractivity contribution in [2.24, 2.45) is 23.2 Å². The average molecular weight is 829 g/mol. The average Bonchev–Trinajstić information content (AvgIpc) is 3.15. The van der Waals surface area contributed by atoms with Crippen LogP contribution in [0.25, 0.3) is 0 Å². The van der Waals surface area contributed by atoms with Gasteiger partial charge in [-0.05, 0) is 144 Å². The van der Waals surface area contributed by atoms with Crippen molar-refractivity contribution in [1.29, 1.82) is 0 Å². The summed E-state index contributed by atoms with van der Waals surface area (Å²) in [6.45, 7) is 30.2. The molecule has 2 aliphatic rings. The van der Waals surface area contributed by atoms with E-state index in [0.29, 0.717) is 0 Å². The summed E-state index contributed by atoms with van der Waals surface area (Å²) >= 11 is 0. The number of fused-ring (bicyclic) bond motifs is 1. The second-order valence-electron chi connectivity index (χ2n) is 20.0. The molecule has 3 rings (SSSR count). The predicted octanol–water partition coefficient (Wildman–Crippen LogP) is 14.5. The molecule has 0 amide bonds. The normalized spacial score (nSPS) is 20.0. The van der Waals surface area contributed by atoms with Crippen LogP contribution in [0, 0.1) is 43.9 Å².